The number of benzene rings is 1. The van der Waals surface area contributed by atoms with Crippen molar-refractivity contribution in [2.45, 2.75) is 13.8 Å². The average molecular weight is 382 g/mol. The summed E-state index contributed by atoms with van der Waals surface area (Å²) in [5, 5.41) is 2.72. The molecule has 3 rings (SSSR count). The number of hydrogen-bond donors (Lipinski definition) is 4. The Morgan fingerprint density at radius 3 is 2.50 bits per heavy atom. The van der Waals surface area contributed by atoms with Crippen molar-refractivity contribution in [1.29, 1.82) is 0 Å². The molecule has 28 heavy (non-hydrogen) atoms. The van der Waals surface area contributed by atoms with Gasteiger partial charge in [0, 0.05) is 17.1 Å². The third-order valence-corrected chi connectivity index (χ3v) is 4.04. The first-order valence-corrected chi connectivity index (χ1v) is 8.41. The van der Waals surface area contributed by atoms with Gasteiger partial charge in [-0.2, -0.15) is 0 Å². The zero-order chi connectivity index (χ0) is 20.3. The van der Waals surface area contributed by atoms with Gasteiger partial charge >= 0.3 is 0 Å². The maximum Gasteiger partial charge on any atom is 0.273 e. The molecule has 2 aromatic heterocycles. The van der Waals surface area contributed by atoms with E-state index in [1.807, 2.05) is 0 Å². The lowest BCUT2D eigenvalue weighted by Gasteiger charge is -2.08. The van der Waals surface area contributed by atoms with Crippen molar-refractivity contribution in [2.24, 2.45) is 0 Å². The van der Waals surface area contributed by atoms with Gasteiger partial charge in [-0.05, 0) is 32.0 Å². The Kier molecular flexibility index (Phi) is 5.25. The van der Waals surface area contributed by atoms with Gasteiger partial charge < -0.3 is 14.7 Å². The molecule has 0 saturated heterocycles. The number of hydrazine groups is 1. The molecule has 0 aliphatic rings. The molecule has 3 amide bonds. The van der Waals surface area contributed by atoms with Gasteiger partial charge in [0.05, 0.1) is 12.1 Å². The van der Waals surface area contributed by atoms with Gasteiger partial charge in [-0.15, -0.1) is 0 Å². The van der Waals surface area contributed by atoms with E-state index in [2.05, 4.69) is 21.2 Å². The van der Waals surface area contributed by atoms with Crippen LogP contribution in [0.5, 0.6) is 0 Å². The number of hydrogen-bond acceptors (Lipinski definition) is 5. The number of aryl methyl sites for hydroxylation is 2. The van der Waals surface area contributed by atoms with Gasteiger partial charge in [-0.3, -0.25) is 30.0 Å². The van der Waals surface area contributed by atoms with Crippen molar-refractivity contribution in [3.8, 4) is 0 Å². The fraction of sp³-hybridized carbons (Fsp3) is 0.158. The number of amides is 3. The number of H-pyrrole nitrogens is 1. The van der Waals surface area contributed by atoms with Gasteiger partial charge in [0.2, 0.25) is 5.43 Å². The second kappa shape index (κ2) is 7.78. The van der Waals surface area contributed by atoms with Crippen LogP contribution in [-0.4, -0.2) is 29.3 Å². The number of aromatic nitrogens is 1. The number of rotatable bonds is 4. The Bertz CT molecular complexity index is 1130. The maximum atomic E-state index is 12.4. The molecular weight excluding hydrogens is 364 g/mol. The molecule has 0 aliphatic heterocycles. The Hall–Kier alpha value is -3.88. The van der Waals surface area contributed by atoms with E-state index in [4.69, 9.17) is 4.42 Å². The molecule has 9 heteroatoms. The van der Waals surface area contributed by atoms with Crippen LogP contribution in [0, 0.1) is 13.8 Å². The summed E-state index contributed by atoms with van der Waals surface area (Å²) >= 11 is 0. The minimum atomic E-state index is -0.699. The minimum absolute atomic E-state index is 0.111. The summed E-state index contributed by atoms with van der Waals surface area (Å²) in [7, 11) is 0. The summed E-state index contributed by atoms with van der Waals surface area (Å²) in [6, 6.07) is 8.33. The van der Waals surface area contributed by atoms with Crippen molar-refractivity contribution in [3.05, 3.63) is 69.4 Å². The van der Waals surface area contributed by atoms with Crippen molar-refractivity contribution < 1.29 is 18.8 Å². The van der Waals surface area contributed by atoms with Gasteiger partial charge in [0.25, 0.3) is 17.7 Å². The van der Waals surface area contributed by atoms with Crippen LogP contribution in [-0.2, 0) is 4.79 Å². The average Bonchev–Trinajstić information content (AvgIpc) is 3.03. The summed E-state index contributed by atoms with van der Waals surface area (Å²) < 4.78 is 5.25. The molecule has 0 radical (unpaired) electrons. The predicted molar refractivity (Wildman–Crippen MR) is 101 cm³/mol. The number of pyridine rings is 1. The molecule has 0 saturated carbocycles. The highest BCUT2D eigenvalue weighted by Crippen LogP contribution is 2.12. The molecule has 2 heterocycles. The predicted octanol–water partition coefficient (Wildman–Crippen LogP) is 0.929. The zero-order valence-corrected chi connectivity index (χ0v) is 15.2. The minimum Gasteiger partial charge on any atom is -0.466 e. The van der Waals surface area contributed by atoms with Crippen molar-refractivity contribution in [1.82, 2.24) is 21.2 Å². The summed E-state index contributed by atoms with van der Waals surface area (Å²) in [5.74, 6) is -0.901. The Morgan fingerprint density at radius 2 is 1.79 bits per heavy atom. The van der Waals surface area contributed by atoms with Gasteiger partial charge in [0.15, 0.2) is 0 Å². The molecule has 9 nitrogen and oxygen atoms in total. The lowest BCUT2D eigenvalue weighted by atomic mass is 10.1. The van der Waals surface area contributed by atoms with E-state index < -0.39 is 29.7 Å². The smallest absolute Gasteiger partial charge is 0.273 e. The second-order valence-electron chi connectivity index (χ2n) is 6.09. The number of carbonyl (C=O) groups excluding carboxylic acids is 3. The Balaban J connectivity index is 1.57. The summed E-state index contributed by atoms with van der Waals surface area (Å²) in [4.78, 5) is 51.3. The molecule has 0 bridgehead atoms. The van der Waals surface area contributed by atoms with E-state index in [0.717, 1.165) is 0 Å². The number of carbonyl (C=O) groups is 3. The topological polar surface area (TPSA) is 133 Å². The largest absolute Gasteiger partial charge is 0.466 e. The van der Waals surface area contributed by atoms with E-state index in [9.17, 15) is 19.2 Å². The molecule has 0 aliphatic carbocycles. The van der Waals surface area contributed by atoms with E-state index >= 15 is 0 Å². The van der Waals surface area contributed by atoms with Crippen LogP contribution in [0.25, 0.3) is 10.9 Å². The van der Waals surface area contributed by atoms with Gasteiger partial charge in [-0.25, -0.2) is 0 Å². The molecule has 144 valence electrons. The first-order chi connectivity index (χ1) is 13.4. The van der Waals surface area contributed by atoms with E-state index in [1.54, 1.807) is 44.2 Å². The van der Waals surface area contributed by atoms with Crippen LogP contribution in [0.3, 0.4) is 0 Å². The molecule has 0 atom stereocenters. The summed E-state index contributed by atoms with van der Waals surface area (Å²) in [5.41, 5.74) is 4.77. The summed E-state index contributed by atoms with van der Waals surface area (Å²) in [6.45, 7) is 2.91. The number of fused-ring (bicyclic) bond motifs is 1. The van der Waals surface area contributed by atoms with Crippen LogP contribution in [0.4, 0.5) is 0 Å². The lowest BCUT2D eigenvalue weighted by molar-refractivity contribution is -0.120. The monoisotopic (exact) mass is 382 g/mol. The third kappa shape index (κ3) is 3.93. The highest BCUT2D eigenvalue weighted by atomic mass is 16.3. The van der Waals surface area contributed by atoms with Crippen LogP contribution in [0.2, 0.25) is 0 Å². The summed E-state index contributed by atoms with van der Waals surface area (Å²) in [6.07, 6.45) is 1.30. The number of furan rings is 1. The van der Waals surface area contributed by atoms with E-state index in [-0.39, 0.29) is 5.56 Å². The zero-order valence-electron chi connectivity index (χ0n) is 15.2. The molecule has 0 unspecified atom stereocenters. The van der Waals surface area contributed by atoms with Crippen molar-refractivity contribution in [3.63, 3.8) is 0 Å². The fourth-order valence-corrected chi connectivity index (χ4v) is 2.69. The lowest BCUT2D eigenvalue weighted by Crippen LogP contribution is -2.46. The molecule has 3 aromatic rings. The highest BCUT2D eigenvalue weighted by Gasteiger charge is 2.16. The molecule has 4 N–H and O–H groups in total. The molecule has 0 spiro atoms. The quantitative estimate of drug-likeness (QED) is 0.498. The van der Waals surface area contributed by atoms with Crippen molar-refractivity contribution >= 4 is 28.6 Å². The SMILES string of the molecule is Cc1cc(C(=O)NNC(=O)CNC(=O)c2c[nH]c3ccccc3c2=O)c(C)o1. The van der Waals surface area contributed by atoms with Crippen LogP contribution in [0.1, 0.15) is 32.2 Å². The molecular formula is C19H18N4O5. The Labute approximate surface area is 159 Å². The highest BCUT2D eigenvalue weighted by molar-refractivity contribution is 5.99. The molecule has 1 aromatic carbocycles. The van der Waals surface area contributed by atoms with E-state index in [1.165, 1.54) is 6.20 Å². The van der Waals surface area contributed by atoms with Gasteiger partial charge in [-0.1, -0.05) is 12.1 Å². The fourth-order valence-electron chi connectivity index (χ4n) is 2.69. The van der Waals surface area contributed by atoms with Crippen LogP contribution < -0.4 is 21.6 Å². The third-order valence-electron chi connectivity index (χ3n) is 4.04. The first kappa shape index (κ1) is 18.9. The molecule has 0 fully saturated rings. The van der Waals surface area contributed by atoms with Crippen LogP contribution >= 0.6 is 0 Å². The first-order valence-electron chi connectivity index (χ1n) is 8.41. The van der Waals surface area contributed by atoms with Crippen LogP contribution in [0.15, 0.2) is 45.7 Å². The Morgan fingerprint density at radius 1 is 1.04 bits per heavy atom. The number of para-hydroxylation sites is 1. The maximum absolute atomic E-state index is 12.4. The standard InChI is InChI=1S/C19H18N4O5/c1-10-7-13(11(2)28-10)19(27)23-22-16(24)9-21-18(26)14-8-20-15-6-4-3-5-12(15)17(14)25/h3-8H,9H2,1-2H3,(H,20,25)(H,21,26)(H,22,24)(H,23,27). The number of aromatic amines is 1. The number of nitrogens with one attached hydrogen (secondary N) is 4. The normalized spacial score (nSPS) is 10.5. The van der Waals surface area contributed by atoms with Crippen molar-refractivity contribution in [2.75, 3.05) is 6.54 Å². The van der Waals surface area contributed by atoms with Gasteiger partial charge in [0.1, 0.15) is 17.1 Å². The van der Waals surface area contributed by atoms with E-state index in [0.29, 0.717) is 28.0 Å². The second-order valence-corrected chi connectivity index (χ2v) is 6.09.